The van der Waals surface area contributed by atoms with Crippen LogP contribution in [0.25, 0.3) is 21.3 Å². The molecule has 1 aromatic heterocycles. The molecule has 8 heteroatoms. The molecule has 0 fully saturated rings. The van der Waals surface area contributed by atoms with Gasteiger partial charge < -0.3 is 15.5 Å². The average molecular weight is 407 g/mol. The van der Waals surface area contributed by atoms with Crippen molar-refractivity contribution in [3.05, 3.63) is 47.5 Å². The minimum Gasteiger partial charge on any atom is -0.377 e. The quantitative estimate of drug-likeness (QED) is 0.586. The van der Waals surface area contributed by atoms with Crippen LogP contribution in [0.1, 0.15) is 5.01 Å². The number of rotatable bonds is 7. The fourth-order valence-corrected chi connectivity index (χ4v) is 3.87. The summed E-state index contributed by atoms with van der Waals surface area (Å²) in [4.78, 5) is 30.3. The SMILES string of the molecule is CN(C)c1cc2nc(CC(=O)NCC(=O)NCC#N)sc2cc1-c1ccccc1. The van der Waals surface area contributed by atoms with Crippen LogP contribution in [-0.4, -0.2) is 44.0 Å². The third-order valence-corrected chi connectivity index (χ3v) is 5.26. The minimum atomic E-state index is -0.396. The highest BCUT2D eigenvalue weighted by molar-refractivity contribution is 7.18. The molecule has 0 unspecified atom stereocenters. The van der Waals surface area contributed by atoms with Gasteiger partial charge in [-0.3, -0.25) is 9.59 Å². The van der Waals surface area contributed by atoms with E-state index < -0.39 is 5.91 Å². The van der Waals surface area contributed by atoms with Crippen LogP contribution in [0.5, 0.6) is 0 Å². The number of hydrogen-bond acceptors (Lipinski definition) is 6. The summed E-state index contributed by atoms with van der Waals surface area (Å²) in [6.45, 7) is -0.237. The topological polar surface area (TPSA) is 98.1 Å². The molecule has 0 aliphatic rings. The van der Waals surface area contributed by atoms with Crippen LogP contribution < -0.4 is 15.5 Å². The smallest absolute Gasteiger partial charge is 0.240 e. The molecule has 0 aliphatic heterocycles. The van der Waals surface area contributed by atoms with Crippen LogP contribution in [0.4, 0.5) is 5.69 Å². The van der Waals surface area contributed by atoms with E-state index in [-0.39, 0.29) is 25.4 Å². The van der Waals surface area contributed by atoms with Crippen LogP contribution >= 0.6 is 11.3 Å². The van der Waals surface area contributed by atoms with Gasteiger partial charge in [0.2, 0.25) is 11.8 Å². The molecule has 0 spiro atoms. The van der Waals surface area contributed by atoms with Crippen molar-refractivity contribution in [1.82, 2.24) is 15.6 Å². The third-order valence-electron chi connectivity index (χ3n) is 4.24. The number of fused-ring (bicyclic) bond motifs is 1. The molecule has 29 heavy (non-hydrogen) atoms. The van der Waals surface area contributed by atoms with Gasteiger partial charge in [0.1, 0.15) is 11.6 Å². The highest BCUT2D eigenvalue weighted by Gasteiger charge is 2.14. The Kier molecular flexibility index (Phi) is 6.42. The van der Waals surface area contributed by atoms with E-state index in [0.717, 1.165) is 27.0 Å². The summed E-state index contributed by atoms with van der Waals surface area (Å²) in [5, 5.41) is 14.1. The Bertz CT molecular complexity index is 1070. The second-order valence-electron chi connectivity index (χ2n) is 6.59. The number of benzene rings is 2. The van der Waals surface area contributed by atoms with E-state index in [9.17, 15) is 9.59 Å². The predicted octanol–water partition coefficient (Wildman–Crippen LogP) is 2.33. The van der Waals surface area contributed by atoms with Gasteiger partial charge in [-0.05, 0) is 17.7 Å². The first-order chi connectivity index (χ1) is 14.0. The first kappa shape index (κ1) is 20.3. The molecule has 3 aromatic rings. The number of hydrogen-bond donors (Lipinski definition) is 2. The first-order valence-electron chi connectivity index (χ1n) is 9.04. The van der Waals surface area contributed by atoms with Crippen LogP contribution in [0.3, 0.4) is 0 Å². The highest BCUT2D eigenvalue weighted by Crippen LogP contribution is 2.36. The number of nitrogens with one attached hydrogen (secondary N) is 2. The zero-order chi connectivity index (χ0) is 20.8. The molecular weight excluding hydrogens is 386 g/mol. The number of carbonyl (C=O) groups excluding carboxylic acids is 2. The lowest BCUT2D eigenvalue weighted by Gasteiger charge is -2.17. The summed E-state index contributed by atoms with van der Waals surface area (Å²) >= 11 is 1.47. The Morgan fingerprint density at radius 3 is 2.59 bits per heavy atom. The van der Waals surface area contributed by atoms with Crippen LogP contribution in [0.15, 0.2) is 42.5 Å². The molecule has 0 aliphatic carbocycles. The zero-order valence-corrected chi connectivity index (χ0v) is 17.0. The Balaban J connectivity index is 1.79. The molecule has 2 aromatic carbocycles. The lowest BCUT2D eigenvalue weighted by molar-refractivity contribution is -0.125. The lowest BCUT2D eigenvalue weighted by Crippen LogP contribution is -2.37. The third kappa shape index (κ3) is 5.09. The number of anilines is 1. The van der Waals surface area contributed by atoms with Crippen molar-refractivity contribution in [2.75, 3.05) is 32.1 Å². The van der Waals surface area contributed by atoms with Crippen molar-refractivity contribution < 1.29 is 9.59 Å². The van der Waals surface area contributed by atoms with Gasteiger partial charge in [0.25, 0.3) is 0 Å². The fraction of sp³-hybridized carbons (Fsp3) is 0.238. The van der Waals surface area contributed by atoms with E-state index in [1.807, 2.05) is 49.3 Å². The van der Waals surface area contributed by atoms with E-state index in [4.69, 9.17) is 5.26 Å². The van der Waals surface area contributed by atoms with E-state index in [0.29, 0.717) is 5.01 Å². The molecule has 1 heterocycles. The standard InChI is InChI=1S/C21H21N5O2S/c1-26(2)17-11-16-18(10-15(17)14-6-4-3-5-7-14)29-21(25-16)12-19(27)24-13-20(28)23-9-8-22/h3-7,10-11H,9,12-13H2,1-2H3,(H,23,28)(H,24,27). The monoisotopic (exact) mass is 407 g/mol. The maximum absolute atomic E-state index is 12.1. The number of nitriles is 1. The molecule has 3 rings (SSSR count). The maximum atomic E-state index is 12.1. The molecule has 0 atom stereocenters. The summed E-state index contributed by atoms with van der Waals surface area (Å²) in [5.74, 6) is -0.681. The van der Waals surface area contributed by atoms with Gasteiger partial charge in [-0.2, -0.15) is 5.26 Å². The first-order valence-corrected chi connectivity index (χ1v) is 9.86. The minimum absolute atomic E-state index is 0.0788. The van der Waals surface area contributed by atoms with Crippen molar-refractivity contribution in [1.29, 1.82) is 5.26 Å². The Morgan fingerprint density at radius 2 is 1.90 bits per heavy atom. The average Bonchev–Trinajstić information content (AvgIpc) is 3.11. The molecular formula is C21H21N5O2S. The lowest BCUT2D eigenvalue weighted by atomic mass is 10.0. The summed E-state index contributed by atoms with van der Waals surface area (Å²) in [7, 11) is 3.98. The van der Waals surface area contributed by atoms with Crippen molar-refractivity contribution in [3.63, 3.8) is 0 Å². The highest BCUT2D eigenvalue weighted by atomic mass is 32.1. The molecule has 0 bridgehead atoms. The van der Waals surface area contributed by atoms with Gasteiger partial charge in [-0.15, -0.1) is 11.3 Å². The Morgan fingerprint density at radius 1 is 1.14 bits per heavy atom. The van der Waals surface area contributed by atoms with Gasteiger partial charge in [-0.25, -0.2) is 4.98 Å². The predicted molar refractivity (Wildman–Crippen MR) is 115 cm³/mol. The fourth-order valence-electron chi connectivity index (χ4n) is 2.88. The molecule has 0 saturated heterocycles. The van der Waals surface area contributed by atoms with Crippen molar-refractivity contribution in [3.8, 4) is 17.2 Å². The molecule has 0 saturated carbocycles. The van der Waals surface area contributed by atoms with Gasteiger partial charge in [0.05, 0.1) is 29.3 Å². The van der Waals surface area contributed by atoms with Crippen molar-refractivity contribution in [2.45, 2.75) is 6.42 Å². The number of nitrogens with zero attached hydrogens (tertiary/aromatic N) is 3. The van der Waals surface area contributed by atoms with E-state index >= 15 is 0 Å². The van der Waals surface area contributed by atoms with Gasteiger partial charge in [0, 0.05) is 25.3 Å². The molecule has 148 valence electrons. The Labute approximate surface area is 173 Å². The maximum Gasteiger partial charge on any atom is 0.240 e. The Hall–Kier alpha value is -3.44. The molecule has 2 amide bonds. The van der Waals surface area contributed by atoms with Crippen LogP contribution in [0.2, 0.25) is 0 Å². The number of aromatic nitrogens is 1. The van der Waals surface area contributed by atoms with Gasteiger partial charge in [0.15, 0.2) is 0 Å². The largest absolute Gasteiger partial charge is 0.377 e. The normalized spacial score (nSPS) is 10.4. The second kappa shape index (κ2) is 9.17. The summed E-state index contributed by atoms with van der Waals surface area (Å²) in [6, 6.07) is 16.1. The second-order valence-corrected chi connectivity index (χ2v) is 7.71. The van der Waals surface area contributed by atoms with Gasteiger partial charge >= 0.3 is 0 Å². The number of thiazole rings is 1. The zero-order valence-electron chi connectivity index (χ0n) is 16.2. The van der Waals surface area contributed by atoms with E-state index in [1.54, 1.807) is 0 Å². The van der Waals surface area contributed by atoms with Crippen LogP contribution in [-0.2, 0) is 16.0 Å². The van der Waals surface area contributed by atoms with Crippen molar-refractivity contribution >= 4 is 39.1 Å². The van der Waals surface area contributed by atoms with E-state index in [1.165, 1.54) is 11.3 Å². The number of carbonyl (C=O) groups is 2. The molecule has 7 nitrogen and oxygen atoms in total. The van der Waals surface area contributed by atoms with Crippen molar-refractivity contribution in [2.24, 2.45) is 0 Å². The summed E-state index contributed by atoms with van der Waals surface area (Å²) in [6.07, 6.45) is 0.100. The summed E-state index contributed by atoms with van der Waals surface area (Å²) in [5.41, 5.74) is 4.12. The molecule has 2 N–H and O–H groups in total. The number of amides is 2. The van der Waals surface area contributed by atoms with Gasteiger partial charge in [-0.1, -0.05) is 30.3 Å². The van der Waals surface area contributed by atoms with E-state index in [2.05, 4.69) is 33.8 Å². The molecule has 0 radical (unpaired) electrons. The van der Waals surface area contributed by atoms with Crippen LogP contribution in [0, 0.1) is 11.3 Å². The summed E-state index contributed by atoms with van der Waals surface area (Å²) < 4.78 is 1.00.